The van der Waals surface area contributed by atoms with Gasteiger partial charge in [0.2, 0.25) is 0 Å². The van der Waals surface area contributed by atoms with E-state index in [0.717, 1.165) is 35.1 Å². The van der Waals surface area contributed by atoms with Gasteiger partial charge in [0, 0.05) is 21.2 Å². The Balaban J connectivity index is 1.90. The fraction of sp³-hybridized carbons (Fsp3) is 0.105. The molecule has 1 nitrogen and oxygen atoms in total. The van der Waals surface area contributed by atoms with Crippen LogP contribution < -0.4 is 0 Å². The van der Waals surface area contributed by atoms with Gasteiger partial charge in [-0.2, -0.15) is 0 Å². The van der Waals surface area contributed by atoms with Crippen LogP contribution in [0.5, 0.6) is 0 Å². The average molecular weight is 329 g/mol. The van der Waals surface area contributed by atoms with Crippen molar-refractivity contribution in [1.82, 2.24) is 0 Å². The molecule has 0 aromatic heterocycles. The van der Waals surface area contributed by atoms with E-state index in [4.69, 9.17) is 23.2 Å². The van der Waals surface area contributed by atoms with Gasteiger partial charge in [-0.3, -0.25) is 4.79 Å². The van der Waals surface area contributed by atoms with E-state index in [1.807, 2.05) is 60.7 Å². The number of carbonyl (C=O) groups excluding carboxylic acids is 1. The van der Waals surface area contributed by atoms with Gasteiger partial charge in [-0.1, -0.05) is 59.6 Å². The van der Waals surface area contributed by atoms with Gasteiger partial charge in [-0.25, -0.2) is 0 Å². The van der Waals surface area contributed by atoms with Crippen molar-refractivity contribution in [1.29, 1.82) is 0 Å². The molecule has 2 aromatic carbocycles. The number of allylic oxidation sites excluding steroid dienone is 2. The Morgan fingerprint density at radius 1 is 0.727 bits per heavy atom. The third kappa shape index (κ3) is 3.16. The standard InChI is InChI=1S/C19H14Cl2O/c20-17-7-3-1-5-13(17)11-15-9-10-16(19(15)22)12-14-6-2-4-8-18(14)21/h1-8,11-12H,9-10H2/b15-11+,16-12+. The summed E-state index contributed by atoms with van der Waals surface area (Å²) >= 11 is 12.3. The van der Waals surface area contributed by atoms with Crippen molar-refractivity contribution >= 4 is 41.1 Å². The number of Topliss-reactive ketones (excluding diaryl/α,β-unsaturated/α-hetero) is 1. The van der Waals surface area contributed by atoms with Gasteiger partial charge >= 0.3 is 0 Å². The number of hydrogen-bond donors (Lipinski definition) is 0. The first-order chi connectivity index (χ1) is 10.6. The molecule has 0 bridgehead atoms. The Bertz CT molecular complexity index is 722. The maximum atomic E-state index is 12.5. The summed E-state index contributed by atoms with van der Waals surface area (Å²) in [4.78, 5) is 12.5. The predicted octanol–water partition coefficient (Wildman–Crippen LogP) is 5.82. The van der Waals surface area contributed by atoms with Gasteiger partial charge in [0.1, 0.15) is 0 Å². The first-order valence-corrected chi connectivity index (χ1v) is 7.85. The van der Waals surface area contributed by atoms with Crippen LogP contribution in [-0.4, -0.2) is 5.78 Å². The minimum Gasteiger partial charge on any atom is -0.289 e. The predicted molar refractivity (Wildman–Crippen MR) is 93.1 cm³/mol. The maximum Gasteiger partial charge on any atom is 0.185 e. The number of hydrogen-bond acceptors (Lipinski definition) is 1. The fourth-order valence-electron chi connectivity index (χ4n) is 2.54. The first-order valence-electron chi connectivity index (χ1n) is 7.10. The molecular weight excluding hydrogens is 315 g/mol. The Morgan fingerprint density at radius 3 is 1.55 bits per heavy atom. The summed E-state index contributed by atoms with van der Waals surface area (Å²) in [5.74, 6) is 0.0832. The summed E-state index contributed by atoms with van der Waals surface area (Å²) in [5, 5.41) is 1.32. The quantitative estimate of drug-likeness (QED) is 0.634. The smallest absolute Gasteiger partial charge is 0.185 e. The van der Waals surface area contributed by atoms with Crippen molar-refractivity contribution in [2.75, 3.05) is 0 Å². The zero-order chi connectivity index (χ0) is 15.5. The van der Waals surface area contributed by atoms with Crippen LogP contribution in [0.3, 0.4) is 0 Å². The van der Waals surface area contributed by atoms with Crippen molar-refractivity contribution in [3.05, 3.63) is 80.8 Å². The number of rotatable bonds is 2. The highest BCUT2D eigenvalue weighted by Gasteiger charge is 2.23. The number of halogens is 2. The van der Waals surface area contributed by atoms with Crippen LogP contribution in [0.25, 0.3) is 12.2 Å². The molecular formula is C19H14Cl2O. The Morgan fingerprint density at radius 2 is 1.14 bits per heavy atom. The lowest BCUT2D eigenvalue weighted by Crippen LogP contribution is -1.95. The third-order valence-corrected chi connectivity index (χ3v) is 4.41. The molecule has 3 heteroatoms. The van der Waals surface area contributed by atoms with Crippen LogP contribution in [0.2, 0.25) is 10.0 Å². The summed E-state index contributed by atoms with van der Waals surface area (Å²) in [6, 6.07) is 15.1. The van der Waals surface area contributed by atoms with Gasteiger partial charge in [0.25, 0.3) is 0 Å². The lowest BCUT2D eigenvalue weighted by atomic mass is 10.1. The van der Waals surface area contributed by atoms with E-state index < -0.39 is 0 Å². The zero-order valence-electron chi connectivity index (χ0n) is 11.9. The van der Waals surface area contributed by atoms with Gasteiger partial charge in [-0.15, -0.1) is 0 Å². The normalized spacial score (nSPS) is 18.4. The van der Waals surface area contributed by atoms with Crippen molar-refractivity contribution in [2.24, 2.45) is 0 Å². The molecule has 0 saturated heterocycles. The Kier molecular flexibility index (Phi) is 4.47. The van der Waals surface area contributed by atoms with Crippen LogP contribution in [-0.2, 0) is 4.79 Å². The number of carbonyl (C=O) groups is 1. The molecule has 22 heavy (non-hydrogen) atoms. The van der Waals surface area contributed by atoms with E-state index in [2.05, 4.69) is 0 Å². The first kappa shape index (κ1) is 15.1. The van der Waals surface area contributed by atoms with Crippen molar-refractivity contribution in [3.63, 3.8) is 0 Å². The Labute approximate surface area is 139 Å². The number of benzene rings is 2. The van der Waals surface area contributed by atoms with E-state index in [-0.39, 0.29) is 5.78 Å². The fourth-order valence-corrected chi connectivity index (χ4v) is 2.92. The SMILES string of the molecule is O=C1/C(=C/c2ccccc2Cl)CC/C1=C\c1ccccc1Cl. The largest absolute Gasteiger partial charge is 0.289 e. The minimum atomic E-state index is 0.0832. The van der Waals surface area contributed by atoms with E-state index in [9.17, 15) is 4.79 Å². The maximum absolute atomic E-state index is 12.5. The summed E-state index contributed by atoms with van der Waals surface area (Å²) in [6.07, 6.45) is 5.25. The molecule has 0 aliphatic heterocycles. The summed E-state index contributed by atoms with van der Waals surface area (Å²) in [5.41, 5.74) is 3.36. The molecule has 3 rings (SSSR count). The second-order valence-corrected chi connectivity index (χ2v) is 6.03. The van der Waals surface area contributed by atoms with E-state index in [1.54, 1.807) is 0 Å². The molecule has 1 aliphatic carbocycles. The average Bonchev–Trinajstić information content (AvgIpc) is 2.85. The van der Waals surface area contributed by atoms with Crippen LogP contribution in [0.1, 0.15) is 24.0 Å². The molecule has 0 radical (unpaired) electrons. The van der Waals surface area contributed by atoms with Crippen LogP contribution in [0.4, 0.5) is 0 Å². The molecule has 0 heterocycles. The second-order valence-electron chi connectivity index (χ2n) is 5.21. The molecule has 1 saturated carbocycles. The van der Waals surface area contributed by atoms with Crippen molar-refractivity contribution in [3.8, 4) is 0 Å². The molecule has 0 unspecified atom stereocenters. The molecule has 1 fully saturated rings. The number of ketones is 1. The highest BCUT2D eigenvalue weighted by Crippen LogP contribution is 2.31. The zero-order valence-corrected chi connectivity index (χ0v) is 13.4. The van der Waals surface area contributed by atoms with E-state index in [1.165, 1.54) is 0 Å². The van der Waals surface area contributed by atoms with Crippen LogP contribution >= 0.6 is 23.2 Å². The summed E-state index contributed by atoms with van der Waals surface area (Å²) < 4.78 is 0. The third-order valence-electron chi connectivity index (χ3n) is 3.72. The van der Waals surface area contributed by atoms with Gasteiger partial charge in [-0.05, 0) is 48.3 Å². The summed E-state index contributed by atoms with van der Waals surface area (Å²) in [6.45, 7) is 0. The van der Waals surface area contributed by atoms with E-state index in [0.29, 0.717) is 10.0 Å². The molecule has 110 valence electrons. The molecule has 1 aliphatic rings. The van der Waals surface area contributed by atoms with Gasteiger partial charge < -0.3 is 0 Å². The molecule has 0 spiro atoms. The lowest BCUT2D eigenvalue weighted by molar-refractivity contribution is -0.111. The molecule has 2 aromatic rings. The summed E-state index contributed by atoms with van der Waals surface area (Å²) in [7, 11) is 0. The highest BCUT2D eigenvalue weighted by molar-refractivity contribution is 6.33. The molecule has 0 amide bonds. The van der Waals surface area contributed by atoms with Gasteiger partial charge in [0.05, 0.1) is 0 Å². The van der Waals surface area contributed by atoms with Crippen LogP contribution in [0, 0.1) is 0 Å². The van der Waals surface area contributed by atoms with E-state index >= 15 is 0 Å². The van der Waals surface area contributed by atoms with Crippen LogP contribution in [0.15, 0.2) is 59.7 Å². The Hall–Kier alpha value is -1.83. The van der Waals surface area contributed by atoms with Gasteiger partial charge in [0.15, 0.2) is 5.78 Å². The lowest BCUT2D eigenvalue weighted by Gasteiger charge is -2.00. The second kappa shape index (κ2) is 6.51. The monoisotopic (exact) mass is 328 g/mol. The molecule has 0 N–H and O–H groups in total. The van der Waals surface area contributed by atoms with Crippen molar-refractivity contribution < 1.29 is 4.79 Å². The minimum absolute atomic E-state index is 0.0832. The topological polar surface area (TPSA) is 17.1 Å². The highest BCUT2D eigenvalue weighted by atomic mass is 35.5. The van der Waals surface area contributed by atoms with Crippen molar-refractivity contribution in [2.45, 2.75) is 12.8 Å². The molecule has 0 atom stereocenters.